The van der Waals surface area contributed by atoms with E-state index in [1.165, 1.54) is 43.6 Å². The van der Waals surface area contributed by atoms with E-state index in [1.807, 2.05) is 0 Å². The zero-order valence-corrected chi connectivity index (χ0v) is 23.8. The average Bonchev–Trinajstić information content (AvgIpc) is 3.58. The van der Waals surface area contributed by atoms with Gasteiger partial charge in [-0.2, -0.15) is 8.66 Å². The third kappa shape index (κ3) is 4.80. The highest BCUT2D eigenvalue weighted by Gasteiger charge is 2.31. The Kier molecular flexibility index (Phi) is 6.34. The second kappa shape index (κ2) is 9.17. The average molecular weight is 516 g/mol. The van der Waals surface area contributed by atoms with Gasteiger partial charge in [-0.05, 0) is 69.1 Å². The zero-order valence-electron chi connectivity index (χ0n) is 21.2. The fourth-order valence-corrected chi connectivity index (χ4v) is 7.11. The maximum atomic E-state index is 2.45. The van der Waals surface area contributed by atoms with Crippen LogP contribution in [0.15, 0.2) is 83.6 Å². The van der Waals surface area contributed by atoms with Gasteiger partial charge in [0.2, 0.25) is 11.4 Å². The number of rotatable bonds is 4. The summed E-state index contributed by atoms with van der Waals surface area (Å²) in [6, 6.07) is 27.0. The molecule has 0 radical (unpaired) electrons. The first-order chi connectivity index (χ1) is 16.6. The molecule has 0 fully saturated rings. The van der Waals surface area contributed by atoms with Crippen LogP contribution in [-0.2, 0) is 10.8 Å². The topological polar surface area (TPSA) is 8.81 Å². The van der Waals surface area contributed by atoms with E-state index >= 15 is 0 Å². The summed E-state index contributed by atoms with van der Waals surface area (Å²) in [6.45, 7) is 13.6. The second-order valence-corrected chi connectivity index (χ2v) is 13.8. The van der Waals surface area contributed by atoms with Crippen molar-refractivity contribution in [1.29, 1.82) is 0 Å². The smallest absolute Gasteiger partial charge is 0.171 e. The number of benzene rings is 2. The van der Waals surface area contributed by atoms with E-state index in [9.17, 15) is 0 Å². The number of hydrogen-bond donors (Lipinski definition) is 0. The molecule has 0 atom stereocenters. The lowest BCUT2D eigenvalue weighted by Gasteiger charge is -2.18. The molecule has 0 saturated heterocycles. The predicted octanol–water partition coefficient (Wildman–Crippen LogP) is 9.39. The van der Waals surface area contributed by atoms with Gasteiger partial charge in [0, 0.05) is 0 Å². The van der Waals surface area contributed by atoms with Crippen molar-refractivity contribution >= 4 is 31.2 Å². The molecule has 0 N–H and O–H groups in total. The normalized spacial score (nSPS) is 12.5. The molecule has 5 aromatic rings. The fraction of sp³-hybridized carbons (Fsp3) is 0.267. The van der Waals surface area contributed by atoms with Gasteiger partial charge in [-0.25, -0.2) is 0 Å². The number of nitrogens with zero attached hydrogens (tertiary/aromatic N) is 2. The van der Waals surface area contributed by atoms with E-state index in [4.69, 9.17) is 0 Å². The molecule has 0 amide bonds. The van der Waals surface area contributed by atoms with Gasteiger partial charge in [0.15, 0.2) is 0 Å². The van der Waals surface area contributed by atoms with Crippen LogP contribution in [0.2, 0.25) is 0 Å². The summed E-state index contributed by atoms with van der Waals surface area (Å²) in [5.74, 6) is 0. The minimum absolute atomic E-state index is 0.136. The van der Waals surface area contributed by atoms with Gasteiger partial charge in [-0.1, -0.05) is 77.9 Å². The van der Waals surface area contributed by atoms with Crippen LogP contribution >= 0.6 is 31.2 Å². The van der Waals surface area contributed by atoms with Gasteiger partial charge in [-0.15, -0.1) is 22.7 Å². The summed E-state index contributed by atoms with van der Waals surface area (Å²) >= 11 is 3.61. The first kappa shape index (κ1) is 24.2. The summed E-state index contributed by atoms with van der Waals surface area (Å²) in [4.78, 5) is 2.57. The van der Waals surface area contributed by atoms with Gasteiger partial charge in [-0.3, -0.25) is 0 Å². The molecule has 35 heavy (non-hydrogen) atoms. The Bertz CT molecular complexity index is 1300. The van der Waals surface area contributed by atoms with Crippen LogP contribution < -0.4 is 4.33 Å². The lowest BCUT2D eigenvalue weighted by Crippen LogP contribution is -2.26. The van der Waals surface area contributed by atoms with Crippen molar-refractivity contribution in [2.24, 2.45) is 0 Å². The first-order valence-corrected chi connectivity index (χ1v) is 14.5. The molecule has 5 heteroatoms. The SMILES string of the molecule is CC(C)(C)c1ccc(-n2p[n+](-c3ccc(C(C)(C)C)cc3)c(-c3cccs3)c2-c2cccs2)cc1. The zero-order chi connectivity index (χ0) is 24.8. The Balaban J connectivity index is 1.75. The Hall–Kier alpha value is -2.52. The summed E-state index contributed by atoms with van der Waals surface area (Å²) < 4.78 is 4.90. The minimum Gasteiger partial charge on any atom is -0.171 e. The Morgan fingerprint density at radius 3 is 1.66 bits per heavy atom. The Morgan fingerprint density at radius 1 is 0.657 bits per heavy atom. The molecule has 178 valence electrons. The van der Waals surface area contributed by atoms with Gasteiger partial charge in [0.05, 0.1) is 9.75 Å². The summed E-state index contributed by atoms with van der Waals surface area (Å²) in [7, 11) is 1.11. The van der Waals surface area contributed by atoms with E-state index in [0.29, 0.717) is 0 Å². The van der Waals surface area contributed by atoms with Crippen LogP contribution in [-0.4, -0.2) is 4.33 Å². The van der Waals surface area contributed by atoms with Crippen molar-refractivity contribution in [3.8, 4) is 32.5 Å². The van der Waals surface area contributed by atoms with Crippen molar-refractivity contribution in [2.45, 2.75) is 52.4 Å². The quantitative estimate of drug-likeness (QED) is 0.225. The Morgan fingerprint density at radius 2 is 1.17 bits per heavy atom. The van der Waals surface area contributed by atoms with Crippen LogP contribution in [0, 0.1) is 0 Å². The molecule has 0 aliphatic heterocycles. The number of aromatic nitrogens is 2. The molecule has 0 aliphatic carbocycles. The van der Waals surface area contributed by atoms with Crippen LogP contribution in [0.1, 0.15) is 52.7 Å². The van der Waals surface area contributed by atoms with Gasteiger partial charge in [0.1, 0.15) is 11.4 Å². The van der Waals surface area contributed by atoms with E-state index in [-0.39, 0.29) is 10.8 Å². The summed E-state index contributed by atoms with van der Waals surface area (Å²) in [5, 5.41) is 4.35. The molecule has 5 rings (SSSR count). The van der Waals surface area contributed by atoms with Gasteiger partial charge < -0.3 is 0 Å². The highest BCUT2D eigenvalue weighted by Crippen LogP contribution is 2.40. The molecule has 0 bridgehead atoms. The lowest BCUT2D eigenvalue weighted by molar-refractivity contribution is -0.504. The minimum atomic E-state index is 0.136. The molecule has 3 heterocycles. The van der Waals surface area contributed by atoms with E-state index < -0.39 is 0 Å². The predicted molar refractivity (Wildman–Crippen MR) is 154 cm³/mol. The fourth-order valence-electron chi connectivity index (χ4n) is 4.22. The standard InChI is InChI=1S/C30H32N2PS2/c1-29(2,3)21-11-15-23(16-12-21)31-27(25-9-7-19-34-25)28(26-10-8-20-35-26)32(33-31)24-17-13-22(14-18-24)30(4,5)6/h7-20H,1-6H3/q+1. The first-order valence-electron chi connectivity index (χ1n) is 12.0. The maximum absolute atomic E-state index is 2.45. The van der Waals surface area contributed by atoms with Crippen molar-refractivity contribution in [3.63, 3.8) is 0 Å². The molecule has 2 aromatic carbocycles. The van der Waals surface area contributed by atoms with E-state index in [1.54, 1.807) is 22.7 Å². The van der Waals surface area contributed by atoms with Crippen molar-refractivity contribution in [2.75, 3.05) is 0 Å². The third-order valence-electron chi connectivity index (χ3n) is 6.29. The summed E-state index contributed by atoms with van der Waals surface area (Å²) in [5.41, 5.74) is 7.95. The number of thiophene rings is 2. The van der Waals surface area contributed by atoms with Crippen LogP contribution in [0.4, 0.5) is 0 Å². The third-order valence-corrected chi connectivity index (χ3v) is 9.26. The van der Waals surface area contributed by atoms with Gasteiger partial charge >= 0.3 is 8.51 Å². The lowest BCUT2D eigenvalue weighted by atomic mass is 9.87. The maximum Gasteiger partial charge on any atom is 0.358 e. The molecular formula is C30H32N2PS2+. The van der Waals surface area contributed by atoms with Crippen LogP contribution in [0.3, 0.4) is 0 Å². The highest BCUT2D eigenvalue weighted by atomic mass is 32.1. The van der Waals surface area contributed by atoms with Crippen LogP contribution in [0.25, 0.3) is 32.5 Å². The van der Waals surface area contributed by atoms with Crippen molar-refractivity contribution < 1.29 is 4.33 Å². The van der Waals surface area contributed by atoms with E-state index in [2.05, 4.69) is 134 Å². The monoisotopic (exact) mass is 515 g/mol. The van der Waals surface area contributed by atoms with E-state index in [0.717, 1.165) is 8.51 Å². The highest BCUT2D eigenvalue weighted by molar-refractivity contribution is 7.19. The molecule has 0 aliphatic rings. The molecule has 0 saturated carbocycles. The van der Waals surface area contributed by atoms with Gasteiger partial charge in [0.25, 0.3) is 0 Å². The van der Waals surface area contributed by atoms with Crippen LogP contribution in [0.5, 0.6) is 0 Å². The molecule has 3 aromatic heterocycles. The summed E-state index contributed by atoms with van der Waals surface area (Å²) in [6.07, 6.45) is 0. The molecular weight excluding hydrogens is 483 g/mol. The largest absolute Gasteiger partial charge is 0.358 e. The Labute approximate surface area is 218 Å². The van der Waals surface area contributed by atoms with Crippen molar-refractivity contribution in [1.82, 2.24) is 4.33 Å². The molecule has 0 spiro atoms. The van der Waals surface area contributed by atoms with Crippen molar-refractivity contribution in [3.05, 3.63) is 94.7 Å². The molecule has 0 unspecified atom stereocenters. The molecule has 2 nitrogen and oxygen atoms in total. The number of hydrogen-bond acceptors (Lipinski definition) is 2. The second-order valence-electron chi connectivity index (χ2n) is 11.0.